The smallest absolute Gasteiger partial charge is 0.0238 e. The monoisotopic (exact) mass is 126 g/mol. The van der Waals surface area contributed by atoms with Gasteiger partial charge >= 0.3 is 0 Å². The van der Waals surface area contributed by atoms with Gasteiger partial charge < -0.3 is 4.90 Å². The maximum Gasteiger partial charge on any atom is 0.0238 e. The Kier molecular flexibility index (Phi) is 1.08. The first-order valence-electron chi connectivity index (χ1n) is 3.68. The van der Waals surface area contributed by atoms with Crippen molar-refractivity contribution in [2.45, 2.75) is 18.5 Å². The zero-order valence-corrected chi connectivity index (χ0v) is 6.17. The largest absolute Gasteiger partial charge is 0.303 e. The summed E-state index contributed by atoms with van der Waals surface area (Å²) in [5.74, 6) is 0. The van der Waals surface area contributed by atoms with E-state index in [4.69, 9.17) is 0 Å². The molecule has 3 aliphatic heterocycles. The third-order valence-electron chi connectivity index (χ3n) is 2.74. The summed E-state index contributed by atoms with van der Waals surface area (Å²) in [7, 11) is 4.46. The highest BCUT2D eigenvalue weighted by atomic mass is 15.3. The predicted octanol–water partition coefficient (Wildman–Crippen LogP) is 0.00450. The average Bonchev–Trinajstić information content (AvgIpc) is 1.87. The van der Waals surface area contributed by atoms with Gasteiger partial charge in [-0.15, -0.1) is 0 Å². The lowest BCUT2D eigenvalue weighted by Gasteiger charge is -2.54. The van der Waals surface area contributed by atoms with E-state index < -0.39 is 0 Å². The molecule has 0 saturated carbocycles. The zero-order chi connectivity index (χ0) is 6.43. The van der Waals surface area contributed by atoms with Crippen LogP contribution in [-0.2, 0) is 0 Å². The SMILES string of the molecule is CN1C[C@H]2C[C@@H](C1)N2C. The lowest BCUT2D eigenvalue weighted by Crippen LogP contribution is -2.66. The molecular formula is C7H14N2. The molecule has 0 aromatic carbocycles. The van der Waals surface area contributed by atoms with Gasteiger partial charge in [0, 0.05) is 25.2 Å². The van der Waals surface area contributed by atoms with Crippen LogP contribution in [0, 0.1) is 0 Å². The maximum atomic E-state index is 2.50. The molecule has 9 heavy (non-hydrogen) atoms. The summed E-state index contributed by atoms with van der Waals surface area (Å²) in [5.41, 5.74) is 0. The van der Waals surface area contributed by atoms with Crippen LogP contribution in [0.15, 0.2) is 0 Å². The van der Waals surface area contributed by atoms with Crippen LogP contribution in [0.3, 0.4) is 0 Å². The first kappa shape index (κ1) is 5.69. The van der Waals surface area contributed by atoms with Crippen molar-refractivity contribution in [2.24, 2.45) is 0 Å². The Morgan fingerprint density at radius 2 is 1.67 bits per heavy atom. The number of hydrogen-bond acceptors (Lipinski definition) is 2. The molecule has 0 N–H and O–H groups in total. The Bertz CT molecular complexity index is 112. The molecule has 0 amide bonds. The van der Waals surface area contributed by atoms with E-state index in [1.54, 1.807) is 0 Å². The topological polar surface area (TPSA) is 6.48 Å². The van der Waals surface area contributed by atoms with Gasteiger partial charge in [-0.2, -0.15) is 0 Å². The number of piperazine rings is 1. The van der Waals surface area contributed by atoms with Crippen LogP contribution in [-0.4, -0.2) is 49.1 Å². The first-order valence-corrected chi connectivity index (χ1v) is 3.68. The molecule has 3 heterocycles. The minimum absolute atomic E-state index is 0.883. The quantitative estimate of drug-likeness (QED) is 0.451. The number of likely N-dealkylation sites (N-methyl/N-ethyl adjacent to an activating group) is 2. The fourth-order valence-corrected chi connectivity index (χ4v) is 2.01. The highest BCUT2D eigenvalue weighted by molar-refractivity contribution is 4.97. The van der Waals surface area contributed by atoms with Crippen molar-refractivity contribution in [3.63, 3.8) is 0 Å². The van der Waals surface area contributed by atoms with E-state index in [0.29, 0.717) is 0 Å². The predicted molar refractivity (Wildman–Crippen MR) is 37.5 cm³/mol. The fraction of sp³-hybridized carbons (Fsp3) is 1.00. The molecule has 0 aromatic rings. The van der Waals surface area contributed by atoms with Crippen LogP contribution in [0.2, 0.25) is 0 Å². The molecule has 3 aliphatic rings. The standard InChI is InChI=1S/C7H14N2/c1-8-4-6-3-7(5-8)9(6)2/h6-7H,3-5H2,1-2H3/t6-,7+. The Balaban J connectivity index is 2.01. The molecule has 2 atom stereocenters. The minimum atomic E-state index is 0.883. The second kappa shape index (κ2) is 1.70. The fourth-order valence-electron chi connectivity index (χ4n) is 2.01. The summed E-state index contributed by atoms with van der Waals surface area (Å²) in [6.07, 6.45) is 1.45. The number of fused-ring (bicyclic) bond motifs is 2. The molecule has 0 aromatic heterocycles. The van der Waals surface area contributed by atoms with E-state index in [-0.39, 0.29) is 0 Å². The normalized spacial score (nSPS) is 44.7. The van der Waals surface area contributed by atoms with Crippen LogP contribution in [0.1, 0.15) is 6.42 Å². The molecule has 2 heteroatoms. The van der Waals surface area contributed by atoms with Gasteiger partial charge in [-0.3, -0.25) is 4.90 Å². The van der Waals surface area contributed by atoms with Gasteiger partial charge in [0.15, 0.2) is 0 Å². The Hall–Kier alpha value is -0.0800. The third kappa shape index (κ3) is 0.700. The molecule has 2 bridgehead atoms. The van der Waals surface area contributed by atoms with Gasteiger partial charge in [0.1, 0.15) is 0 Å². The Morgan fingerprint density at radius 3 is 2.00 bits per heavy atom. The van der Waals surface area contributed by atoms with Crippen LogP contribution in [0.4, 0.5) is 0 Å². The minimum Gasteiger partial charge on any atom is -0.303 e. The second-order valence-electron chi connectivity index (χ2n) is 3.43. The maximum absolute atomic E-state index is 2.50. The molecule has 3 fully saturated rings. The number of piperidine rings is 1. The Morgan fingerprint density at radius 1 is 1.11 bits per heavy atom. The molecule has 3 rings (SSSR count). The van der Waals surface area contributed by atoms with E-state index in [0.717, 1.165) is 12.1 Å². The molecule has 0 unspecified atom stereocenters. The summed E-state index contributed by atoms with van der Waals surface area (Å²) in [6, 6.07) is 1.77. The zero-order valence-electron chi connectivity index (χ0n) is 6.17. The number of hydrogen-bond donors (Lipinski definition) is 0. The molecule has 0 spiro atoms. The van der Waals surface area contributed by atoms with Crippen molar-refractivity contribution in [1.29, 1.82) is 0 Å². The van der Waals surface area contributed by atoms with Crippen molar-refractivity contribution in [2.75, 3.05) is 27.2 Å². The molecule has 3 saturated heterocycles. The molecule has 0 radical (unpaired) electrons. The average molecular weight is 126 g/mol. The summed E-state index contributed by atoms with van der Waals surface area (Å²) < 4.78 is 0. The van der Waals surface area contributed by atoms with Crippen molar-refractivity contribution in [1.82, 2.24) is 9.80 Å². The third-order valence-corrected chi connectivity index (χ3v) is 2.74. The van der Waals surface area contributed by atoms with Crippen molar-refractivity contribution in [3.05, 3.63) is 0 Å². The number of nitrogens with zero attached hydrogens (tertiary/aromatic N) is 2. The van der Waals surface area contributed by atoms with Gasteiger partial charge in [0.25, 0.3) is 0 Å². The summed E-state index contributed by atoms with van der Waals surface area (Å²) >= 11 is 0. The lowest BCUT2D eigenvalue weighted by molar-refractivity contribution is -0.0408. The van der Waals surface area contributed by atoms with Gasteiger partial charge in [-0.25, -0.2) is 0 Å². The van der Waals surface area contributed by atoms with Gasteiger partial charge in [0.2, 0.25) is 0 Å². The molecule has 0 aliphatic carbocycles. The summed E-state index contributed by atoms with van der Waals surface area (Å²) in [5, 5.41) is 0. The molecule has 2 nitrogen and oxygen atoms in total. The van der Waals surface area contributed by atoms with Crippen molar-refractivity contribution < 1.29 is 0 Å². The van der Waals surface area contributed by atoms with Gasteiger partial charge in [0.05, 0.1) is 0 Å². The van der Waals surface area contributed by atoms with E-state index in [1.165, 1.54) is 19.5 Å². The Labute approximate surface area is 56.4 Å². The van der Waals surface area contributed by atoms with Crippen molar-refractivity contribution in [3.8, 4) is 0 Å². The highest BCUT2D eigenvalue weighted by Crippen LogP contribution is 2.28. The van der Waals surface area contributed by atoms with E-state index >= 15 is 0 Å². The second-order valence-corrected chi connectivity index (χ2v) is 3.43. The van der Waals surface area contributed by atoms with Crippen LogP contribution < -0.4 is 0 Å². The lowest BCUT2D eigenvalue weighted by atomic mass is 9.89. The van der Waals surface area contributed by atoms with Crippen molar-refractivity contribution >= 4 is 0 Å². The van der Waals surface area contributed by atoms with Gasteiger partial charge in [-0.05, 0) is 20.5 Å². The summed E-state index contributed by atoms with van der Waals surface area (Å²) in [4.78, 5) is 4.93. The van der Waals surface area contributed by atoms with Gasteiger partial charge in [-0.1, -0.05) is 0 Å². The van der Waals surface area contributed by atoms with E-state index in [2.05, 4.69) is 23.9 Å². The number of rotatable bonds is 0. The van der Waals surface area contributed by atoms with Crippen LogP contribution in [0.5, 0.6) is 0 Å². The molecule has 52 valence electrons. The van der Waals surface area contributed by atoms with Crippen LogP contribution >= 0.6 is 0 Å². The van der Waals surface area contributed by atoms with Crippen LogP contribution in [0.25, 0.3) is 0 Å². The highest BCUT2D eigenvalue weighted by Gasteiger charge is 2.40. The first-order chi connectivity index (χ1) is 4.27. The van der Waals surface area contributed by atoms with E-state index in [9.17, 15) is 0 Å². The summed E-state index contributed by atoms with van der Waals surface area (Å²) in [6.45, 7) is 2.57. The molecular weight excluding hydrogens is 112 g/mol. The van der Waals surface area contributed by atoms with E-state index in [1.807, 2.05) is 0 Å².